The summed E-state index contributed by atoms with van der Waals surface area (Å²) >= 11 is 0. The monoisotopic (exact) mass is 265 g/mol. The fourth-order valence-electron chi connectivity index (χ4n) is 3.03. The van der Waals surface area contributed by atoms with Crippen LogP contribution in [0.25, 0.3) is 11.1 Å². The zero-order valence-corrected chi connectivity index (χ0v) is 11.7. The van der Waals surface area contributed by atoms with Crippen molar-refractivity contribution >= 4 is 11.8 Å². The molecule has 1 heterocycles. The van der Waals surface area contributed by atoms with Gasteiger partial charge < -0.3 is 0 Å². The van der Waals surface area contributed by atoms with Crippen molar-refractivity contribution in [3.05, 3.63) is 58.1 Å². The highest BCUT2D eigenvalue weighted by molar-refractivity contribution is 6.24. The van der Waals surface area contributed by atoms with Crippen LogP contribution in [-0.4, -0.2) is 11.8 Å². The SMILES string of the molecule is Cc1cc(C)c(-c2cccc3c2C(=O)NC3=O)c(C)c1. The van der Waals surface area contributed by atoms with Gasteiger partial charge in [0.05, 0.1) is 11.1 Å². The lowest BCUT2D eigenvalue weighted by Gasteiger charge is -2.13. The highest BCUT2D eigenvalue weighted by Gasteiger charge is 2.30. The molecule has 0 saturated carbocycles. The lowest BCUT2D eigenvalue weighted by Crippen LogP contribution is -2.20. The van der Waals surface area contributed by atoms with E-state index < -0.39 is 0 Å². The molecule has 2 amide bonds. The summed E-state index contributed by atoms with van der Waals surface area (Å²) in [6.07, 6.45) is 0. The van der Waals surface area contributed by atoms with Crippen molar-refractivity contribution in [2.45, 2.75) is 20.8 Å². The summed E-state index contributed by atoms with van der Waals surface area (Å²) in [5, 5.41) is 2.36. The Hall–Kier alpha value is -2.42. The lowest BCUT2D eigenvalue weighted by molar-refractivity contribution is 0.0880. The molecule has 1 N–H and O–H groups in total. The Morgan fingerprint density at radius 3 is 2.05 bits per heavy atom. The Kier molecular flexibility index (Phi) is 2.71. The summed E-state index contributed by atoms with van der Waals surface area (Å²) in [6.45, 7) is 6.11. The van der Waals surface area contributed by atoms with E-state index in [1.165, 1.54) is 5.56 Å². The molecule has 0 unspecified atom stereocenters. The van der Waals surface area contributed by atoms with Crippen molar-refractivity contribution in [3.8, 4) is 11.1 Å². The molecule has 0 bridgehead atoms. The second-order valence-electron chi connectivity index (χ2n) is 5.29. The van der Waals surface area contributed by atoms with Gasteiger partial charge in [0.15, 0.2) is 0 Å². The molecular weight excluding hydrogens is 250 g/mol. The zero-order chi connectivity index (χ0) is 14.4. The summed E-state index contributed by atoms with van der Waals surface area (Å²) in [6, 6.07) is 9.61. The maximum Gasteiger partial charge on any atom is 0.259 e. The minimum Gasteiger partial charge on any atom is -0.288 e. The van der Waals surface area contributed by atoms with Gasteiger partial charge in [-0.05, 0) is 49.1 Å². The molecule has 3 nitrogen and oxygen atoms in total. The number of aryl methyl sites for hydroxylation is 3. The van der Waals surface area contributed by atoms with Crippen LogP contribution in [0, 0.1) is 20.8 Å². The Labute approximate surface area is 117 Å². The first kappa shape index (κ1) is 12.6. The van der Waals surface area contributed by atoms with E-state index >= 15 is 0 Å². The van der Waals surface area contributed by atoms with Gasteiger partial charge in [0.25, 0.3) is 11.8 Å². The molecule has 1 aliphatic heterocycles. The number of imide groups is 1. The minimum atomic E-state index is -0.311. The van der Waals surface area contributed by atoms with Crippen LogP contribution in [-0.2, 0) is 0 Å². The van der Waals surface area contributed by atoms with E-state index in [2.05, 4.69) is 24.4 Å². The van der Waals surface area contributed by atoms with Gasteiger partial charge in [-0.2, -0.15) is 0 Å². The molecule has 20 heavy (non-hydrogen) atoms. The van der Waals surface area contributed by atoms with E-state index in [0.29, 0.717) is 11.1 Å². The van der Waals surface area contributed by atoms with E-state index in [0.717, 1.165) is 22.3 Å². The number of amides is 2. The Morgan fingerprint density at radius 1 is 0.800 bits per heavy atom. The normalized spacial score (nSPS) is 13.3. The van der Waals surface area contributed by atoms with Gasteiger partial charge in [-0.1, -0.05) is 29.8 Å². The first-order valence-corrected chi connectivity index (χ1v) is 6.56. The summed E-state index contributed by atoms with van der Waals surface area (Å²) in [7, 11) is 0. The van der Waals surface area contributed by atoms with E-state index in [1.54, 1.807) is 6.07 Å². The maximum absolute atomic E-state index is 12.0. The number of benzene rings is 2. The highest BCUT2D eigenvalue weighted by atomic mass is 16.2. The molecule has 3 rings (SSSR count). The molecule has 100 valence electrons. The number of fused-ring (bicyclic) bond motifs is 1. The second-order valence-corrected chi connectivity index (χ2v) is 5.29. The molecule has 0 fully saturated rings. The molecule has 1 aliphatic rings. The molecule has 3 heteroatoms. The van der Waals surface area contributed by atoms with Crippen LogP contribution in [0.1, 0.15) is 37.4 Å². The van der Waals surface area contributed by atoms with E-state index in [4.69, 9.17) is 0 Å². The second kappa shape index (κ2) is 4.30. The fraction of sp³-hybridized carbons (Fsp3) is 0.176. The first-order valence-electron chi connectivity index (χ1n) is 6.56. The zero-order valence-electron chi connectivity index (χ0n) is 11.7. The molecule has 2 aromatic rings. The number of nitrogens with one attached hydrogen (secondary N) is 1. The molecule has 0 aromatic heterocycles. The fourth-order valence-corrected chi connectivity index (χ4v) is 3.03. The van der Waals surface area contributed by atoms with Gasteiger partial charge in [0.2, 0.25) is 0 Å². The highest BCUT2D eigenvalue weighted by Crippen LogP contribution is 2.34. The Balaban J connectivity index is 2.33. The number of rotatable bonds is 1. The Bertz CT molecular complexity index is 737. The Morgan fingerprint density at radius 2 is 1.40 bits per heavy atom. The third kappa shape index (κ3) is 1.74. The van der Waals surface area contributed by atoms with Crippen LogP contribution in [0.3, 0.4) is 0 Å². The maximum atomic E-state index is 12.0. The molecule has 0 radical (unpaired) electrons. The van der Waals surface area contributed by atoms with Crippen LogP contribution in [0.2, 0.25) is 0 Å². The van der Waals surface area contributed by atoms with Gasteiger partial charge in [-0.15, -0.1) is 0 Å². The summed E-state index contributed by atoms with van der Waals surface area (Å²) in [5.41, 5.74) is 6.25. The topological polar surface area (TPSA) is 46.2 Å². The predicted molar refractivity (Wildman–Crippen MR) is 77.9 cm³/mol. The third-order valence-electron chi connectivity index (χ3n) is 3.71. The van der Waals surface area contributed by atoms with E-state index in [9.17, 15) is 9.59 Å². The minimum absolute atomic E-state index is 0.306. The van der Waals surface area contributed by atoms with Crippen LogP contribution in [0.15, 0.2) is 30.3 Å². The van der Waals surface area contributed by atoms with Crippen molar-refractivity contribution in [3.63, 3.8) is 0 Å². The van der Waals surface area contributed by atoms with Gasteiger partial charge >= 0.3 is 0 Å². The molecule has 2 aromatic carbocycles. The lowest BCUT2D eigenvalue weighted by atomic mass is 9.89. The van der Waals surface area contributed by atoms with Gasteiger partial charge in [0.1, 0.15) is 0 Å². The van der Waals surface area contributed by atoms with Crippen LogP contribution in [0.5, 0.6) is 0 Å². The third-order valence-corrected chi connectivity index (χ3v) is 3.71. The molecule has 0 spiro atoms. The van der Waals surface area contributed by atoms with Crippen LogP contribution < -0.4 is 5.32 Å². The van der Waals surface area contributed by atoms with E-state index in [1.807, 2.05) is 26.0 Å². The van der Waals surface area contributed by atoms with Gasteiger partial charge in [0, 0.05) is 0 Å². The van der Waals surface area contributed by atoms with Gasteiger partial charge in [-0.25, -0.2) is 0 Å². The first-order chi connectivity index (χ1) is 9.49. The quantitative estimate of drug-likeness (QED) is 0.805. The standard InChI is InChI=1S/C17H15NO2/c1-9-7-10(2)14(11(3)8-9)12-5-4-6-13-15(12)17(20)18-16(13)19/h4-8H,1-3H3,(H,18,19,20). The predicted octanol–water partition coefficient (Wildman–Crippen LogP) is 3.16. The smallest absolute Gasteiger partial charge is 0.259 e. The van der Waals surface area contributed by atoms with E-state index in [-0.39, 0.29) is 11.8 Å². The van der Waals surface area contributed by atoms with Crippen molar-refractivity contribution < 1.29 is 9.59 Å². The average Bonchev–Trinajstić information content (AvgIpc) is 2.65. The van der Waals surface area contributed by atoms with Crippen molar-refractivity contribution in [2.75, 3.05) is 0 Å². The van der Waals surface area contributed by atoms with Crippen LogP contribution in [0.4, 0.5) is 0 Å². The summed E-state index contributed by atoms with van der Waals surface area (Å²) < 4.78 is 0. The molecular formula is C17H15NO2. The van der Waals surface area contributed by atoms with Crippen LogP contribution >= 0.6 is 0 Å². The summed E-state index contributed by atoms with van der Waals surface area (Å²) in [4.78, 5) is 23.8. The van der Waals surface area contributed by atoms with Gasteiger partial charge in [-0.3, -0.25) is 14.9 Å². The molecule has 0 saturated heterocycles. The number of carbonyl (C=O) groups is 2. The van der Waals surface area contributed by atoms with Crippen molar-refractivity contribution in [2.24, 2.45) is 0 Å². The number of hydrogen-bond acceptors (Lipinski definition) is 2. The molecule has 0 aliphatic carbocycles. The average molecular weight is 265 g/mol. The molecule has 0 atom stereocenters. The number of hydrogen-bond donors (Lipinski definition) is 1. The number of carbonyl (C=O) groups excluding carboxylic acids is 2. The largest absolute Gasteiger partial charge is 0.288 e. The van der Waals surface area contributed by atoms with Crippen molar-refractivity contribution in [1.82, 2.24) is 5.32 Å². The summed E-state index contributed by atoms with van der Waals surface area (Å²) in [5.74, 6) is -0.616. The van der Waals surface area contributed by atoms with Crippen molar-refractivity contribution in [1.29, 1.82) is 0 Å².